The van der Waals surface area contributed by atoms with Gasteiger partial charge in [-0.3, -0.25) is 9.78 Å². The number of halogens is 1. The molecule has 3 nitrogen and oxygen atoms in total. The zero-order valence-electron chi connectivity index (χ0n) is 11.3. The summed E-state index contributed by atoms with van der Waals surface area (Å²) in [6.07, 6.45) is 4.07. The van der Waals surface area contributed by atoms with Crippen LogP contribution < -0.4 is 0 Å². The molecule has 3 rings (SSSR count). The molecule has 1 aromatic carbocycles. The lowest BCUT2D eigenvalue weighted by atomic mass is 9.99. The van der Waals surface area contributed by atoms with E-state index >= 15 is 0 Å². The highest BCUT2D eigenvalue weighted by atomic mass is 79.9. The number of piperidine rings is 1. The number of carbonyl (C=O) groups is 1. The Morgan fingerprint density at radius 2 is 2.30 bits per heavy atom. The van der Waals surface area contributed by atoms with E-state index in [1.54, 1.807) is 6.20 Å². The second-order valence-electron chi connectivity index (χ2n) is 5.32. The molecule has 0 bridgehead atoms. The second-order valence-corrected chi connectivity index (χ2v) is 5.97. The van der Waals surface area contributed by atoms with Crippen LogP contribution in [0.15, 0.2) is 36.5 Å². The average molecular weight is 333 g/mol. The fourth-order valence-electron chi connectivity index (χ4n) is 2.77. The average Bonchev–Trinajstić information content (AvgIpc) is 2.53. The molecule has 2 aromatic rings. The third-order valence-corrected chi connectivity index (χ3v) is 4.79. The number of likely N-dealkylation sites (tertiary alicyclic amines) is 1. The highest BCUT2D eigenvalue weighted by Crippen LogP contribution is 2.21. The summed E-state index contributed by atoms with van der Waals surface area (Å²) in [4.78, 5) is 18.9. The Bertz CT molecular complexity index is 629. The Morgan fingerprint density at radius 1 is 1.40 bits per heavy atom. The number of benzene rings is 1. The van der Waals surface area contributed by atoms with Crippen LogP contribution >= 0.6 is 15.9 Å². The van der Waals surface area contributed by atoms with Crippen LogP contribution in [0.2, 0.25) is 0 Å². The summed E-state index contributed by atoms with van der Waals surface area (Å²) in [7, 11) is 0. The van der Waals surface area contributed by atoms with Gasteiger partial charge in [-0.2, -0.15) is 0 Å². The molecular formula is C16H17BrN2O. The van der Waals surface area contributed by atoms with Crippen LogP contribution in [0, 0.1) is 5.92 Å². The van der Waals surface area contributed by atoms with Crippen molar-refractivity contribution in [3.05, 3.63) is 42.1 Å². The molecule has 1 unspecified atom stereocenters. The molecule has 104 valence electrons. The standard InChI is InChI=1S/C16H17BrN2O/c17-10-12-3-2-8-19(11-12)16(20)14-5-6-15-13(9-14)4-1-7-18-15/h1,4-7,9,12H,2-3,8,10-11H2. The van der Waals surface area contributed by atoms with Crippen LogP contribution in [0.1, 0.15) is 23.2 Å². The fourth-order valence-corrected chi connectivity index (χ4v) is 3.30. The van der Waals surface area contributed by atoms with Gasteiger partial charge in [-0.05, 0) is 43.0 Å². The normalized spacial score (nSPS) is 19.2. The zero-order valence-corrected chi connectivity index (χ0v) is 12.8. The lowest BCUT2D eigenvalue weighted by Crippen LogP contribution is -2.40. The Hall–Kier alpha value is -1.42. The van der Waals surface area contributed by atoms with Crippen LogP contribution in [0.4, 0.5) is 0 Å². The fraction of sp³-hybridized carbons (Fsp3) is 0.375. The molecule has 0 spiro atoms. The number of alkyl halides is 1. The Labute approximate surface area is 127 Å². The lowest BCUT2D eigenvalue weighted by molar-refractivity contribution is 0.0686. The molecule has 2 heterocycles. The number of fused-ring (bicyclic) bond motifs is 1. The van der Waals surface area contributed by atoms with Gasteiger partial charge in [0.15, 0.2) is 0 Å². The van der Waals surface area contributed by atoms with Gasteiger partial charge in [0.25, 0.3) is 5.91 Å². The first-order chi connectivity index (χ1) is 9.78. The van der Waals surface area contributed by atoms with Crippen molar-refractivity contribution in [3.8, 4) is 0 Å². The van der Waals surface area contributed by atoms with E-state index in [0.29, 0.717) is 5.92 Å². The van der Waals surface area contributed by atoms with Crippen LogP contribution in [0.3, 0.4) is 0 Å². The Balaban J connectivity index is 1.84. The van der Waals surface area contributed by atoms with Gasteiger partial charge in [-0.25, -0.2) is 0 Å². The van der Waals surface area contributed by atoms with E-state index in [1.165, 1.54) is 6.42 Å². The maximum absolute atomic E-state index is 12.6. The lowest BCUT2D eigenvalue weighted by Gasteiger charge is -2.32. The Kier molecular flexibility index (Phi) is 4.01. The van der Waals surface area contributed by atoms with E-state index in [1.807, 2.05) is 35.2 Å². The van der Waals surface area contributed by atoms with Gasteiger partial charge in [0.05, 0.1) is 5.52 Å². The summed E-state index contributed by atoms with van der Waals surface area (Å²) in [6.45, 7) is 1.72. The zero-order chi connectivity index (χ0) is 13.9. The minimum atomic E-state index is 0.140. The molecular weight excluding hydrogens is 316 g/mol. The number of rotatable bonds is 2. The first-order valence-corrected chi connectivity index (χ1v) is 8.10. The van der Waals surface area contributed by atoms with Crippen LogP contribution in [0.25, 0.3) is 10.9 Å². The molecule has 4 heteroatoms. The van der Waals surface area contributed by atoms with Crippen LogP contribution in [-0.4, -0.2) is 34.2 Å². The Morgan fingerprint density at radius 3 is 3.15 bits per heavy atom. The highest BCUT2D eigenvalue weighted by molar-refractivity contribution is 9.09. The maximum Gasteiger partial charge on any atom is 0.253 e. The van der Waals surface area contributed by atoms with Crippen molar-refractivity contribution in [3.63, 3.8) is 0 Å². The topological polar surface area (TPSA) is 33.2 Å². The summed E-state index contributed by atoms with van der Waals surface area (Å²) in [5.74, 6) is 0.719. The van der Waals surface area contributed by atoms with Gasteiger partial charge in [0.1, 0.15) is 0 Å². The van der Waals surface area contributed by atoms with E-state index in [-0.39, 0.29) is 5.91 Å². The molecule has 1 amide bonds. The highest BCUT2D eigenvalue weighted by Gasteiger charge is 2.23. The minimum absolute atomic E-state index is 0.140. The summed E-state index contributed by atoms with van der Waals surface area (Å²) >= 11 is 3.53. The van der Waals surface area contributed by atoms with Crippen molar-refractivity contribution < 1.29 is 4.79 Å². The van der Waals surface area contributed by atoms with Crippen LogP contribution in [0.5, 0.6) is 0 Å². The van der Waals surface area contributed by atoms with E-state index < -0.39 is 0 Å². The van der Waals surface area contributed by atoms with Crippen molar-refractivity contribution in [1.29, 1.82) is 0 Å². The van der Waals surface area contributed by atoms with Gasteiger partial charge in [-0.15, -0.1) is 0 Å². The number of amides is 1. The van der Waals surface area contributed by atoms with Crippen molar-refractivity contribution in [2.24, 2.45) is 5.92 Å². The van der Waals surface area contributed by atoms with Gasteiger partial charge in [0, 0.05) is 35.6 Å². The van der Waals surface area contributed by atoms with Crippen LogP contribution in [-0.2, 0) is 0 Å². The third-order valence-electron chi connectivity index (χ3n) is 3.87. The molecule has 1 aliphatic heterocycles. The quantitative estimate of drug-likeness (QED) is 0.789. The molecule has 1 saturated heterocycles. The monoisotopic (exact) mass is 332 g/mol. The van der Waals surface area contributed by atoms with Gasteiger partial charge >= 0.3 is 0 Å². The van der Waals surface area contributed by atoms with Crippen molar-refractivity contribution in [2.75, 3.05) is 18.4 Å². The number of hydrogen-bond donors (Lipinski definition) is 0. The number of carbonyl (C=O) groups excluding carboxylic acids is 1. The summed E-state index contributed by atoms with van der Waals surface area (Å²) in [5.41, 5.74) is 1.70. The van der Waals surface area contributed by atoms with E-state index in [0.717, 1.165) is 41.3 Å². The first kappa shape index (κ1) is 13.6. The van der Waals surface area contributed by atoms with Crippen molar-refractivity contribution >= 4 is 32.7 Å². The second kappa shape index (κ2) is 5.92. The molecule has 1 fully saturated rings. The third kappa shape index (κ3) is 2.70. The number of nitrogens with zero attached hydrogens (tertiary/aromatic N) is 2. The molecule has 0 aliphatic carbocycles. The van der Waals surface area contributed by atoms with E-state index in [9.17, 15) is 4.79 Å². The maximum atomic E-state index is 12.6. The van der Waals surface area contributed by atoms with Crippen molar-refractivity contribution in [2.45, 2.75) is 12.8 Å². The minimum Gasteiger partial charge on any atom is -0.338 e. The number of pyridine rings is 1. The number of aromatic nitrogens is 1. The van der Waals surface area contributed by atoms with Gasteiger partial charge in [-0.1, -0.05) is 22.0 Å². The first-order valence-electron chi connectivity index (χ1n) is 6.98. The largest absolute Gasteiger partial charge is 0.338 e. The smallest absolute Gasteiger partial charge is 0.253 e. The van der Waals surface area contributed by atoms with Gasteiger partial charge < -0.3 is 4.90 Å². The number of hydrogen-bond acceptors (Lipinski definition) is 2. The van der Waals surface area contributed by atoms with E-state index in [4.69, 9.17) is 0 Å². The molecule has 1 atom stereocenters. The predicted molar refractivity (Wildman–Crippen MR) is 84.2 cm³/mol. The molecule has 0 radical (unpaired) electrons. The summed E-state index contributed by atoms with van der Waals surface area (Å²) < 4.78 is 0. The summed E-state index contributed by atoms with van der Waals surface area (Å²) in [6, 6.07) is 9.65. The predicted octanol–water partition coefficient (Wildman–Crippen LogP) is 3.48. The molecule has 0 N–H and O–H groups in total. The molecule has 20 heavy (non-hydrogen) atoms. The summed E-state index contributed by atoms with van der Waals surface area (Å²) in [5, 5.41) is 1.99. The van der Waals surface area contributed by atoms with Gasteiger partial charge in [0.2, 0.25) is 0 Å². The SMILES string of the molecule is O=C(c1ccc2ncccc2c1)N1CCCC(CBr)C1. The molecule has 1 aromatic heterocycles. The van der Waals surface area contributed by atoms with E-state index in [2.05, 4.69) is 20.9 Å². The molecule has 0 saturated carbocycles. The molecule has 1 aliphatic rings. The van der Waals surface area contributed by atoms with Crippen molar-refractivity contribution in [1.82, 2.24) is 9.88 Å².